The number of benzene rings is 1. The quantitative estimate of drug-likeness (QED) is 0.509. The predicted molar refractivity (Wildman–Crippen MR) is 63.3 cm³/mol. The maximum absolute atomic E-state index is 10.8. The lowest BCUT2D eigenvalue weighted by Gasteiger charge is -2.09. The Balaban J connectivity index is 3.20. The number of aliphatic carboxylic acids is 1. The predicted octanol–water partition coefficient (Wildman–Crippen LogP) is 2.99. The van der Waals surface area contributed by atoms with Gasteiger partial charge >= 0.3 is 5.97 Å². The zero-order chi connectivity index (χ0) is 13.0. The molecule has 1 aromatic rings. The van der Waals surface area contributed by atoms with Crippen LogP contribution in [0.5, 0.6) is 0 Å². The molecule has 0 saturated carbocycles. The molecule has 0 aromatic heterocycles. The second kappa shape index (κ2) is 5.45. The van der Waals surface area contributed by atoms with E-state index in [0.29, 0.717) is 5.56 Å². The lowest BCUT2D eigenvalue weighted by molar-refractivity contribution is -0.385. The van der Waals surface area contributed by atoms with Gasteiger partial charge in [-0.3, -0.25) is 10.1 Å². The number of hydrogen-bond donors (Lipinski definition) is 1. The lowest BCUT2D eigenvalue weighted by atomic mass is 9.98. The van der Waals surface area contributed by atoms with E-state index in [-0.39, 0.29) is 10.7 Å². The Kier molecular flexibility index (Phi) is 4.23. The average molecular weight is 256 g/mol. The van der Waals surface area contributed by atoms with Gasteiger partial charge in [-0.15, -0.1) is 0 Å². The van der Waals surface area contributed by atoms with E-state index in [2.05, 4.69) is 0 Å². The van der Waals surface area contributed by atoms with Crippen molar-refractivity contribution in [3.05, 3.63) is 51.1 Å². The highest BCUT2D eigenvalue weighted by Crippen LogP contribution is 2.33. The van der Waals surface area contributed by atoms with E-state index in [0.717, 1.165) is 6.08 Å². The molecule has 1 rings (SSSR count). The van der Waals surface area contributed by atoms with Crippen LogP contribution < -0.4 is 0 Å². The minimum atomic E-state index is -1.11. The Morgan fingerprint density at radius 1 is 1.59 bits per heavy atom. The van der Waals surface area contributed by atoms with Crippen molar-refractivity contribution >= 4 is 23.3 Å². The number of nitro groups is 1. The maximum Gasteiger partial charge on any atom is 0.327 e. The first-order valence-corrected chi connectivity index (χ1v) is 5.15. The van der Waals surface area contributed by atoms with E-state index in [1.807, 2.05) is 0 Å². The summed E-state index contributed by atoms with van der Waals surface area (Å²) in [6.45, 7) is 1.65. The number of halogens is 1. The zero-order valence-electron chi connectivity index (χ0n) is 8.96. The van der Waals surface area contributed by atoms with Crippen LogP contribution in [0.1, 0.15) is 18.4 Å². The van der Waals surface area contributed by atoms with Crippen molar-refractivity contribution < 1.29 is 14.8 Å². The van der Waals surface area contributed by atoms with Gasteiger partial charge in [-0.05, 0) is 6.07 Å². The van der Waals surface area contributed by atoms with Crippen molar-refractivity contribution in [2.45, 2.75) is 12.8 Å². The van der Waals surface area contributed by atoms with Gasteiger partial charge in [0.1, 0.15) is 0 Å². The Morgan fingerprint density at radius 3 is 2.76 bits per heavy atom. The minimum Gasteiger partial charge on any atom is -0.478 e. The molecule has 1 unspecified atom stereocenters. The molecule has 5 nitrogen and oxygen atoms in total. The molecule has 0 radical (unpaired) electrons. The fourth-order valence-electron chi connectivity index (χ4n) is 1.46. The normalized spacial score (nSPS) is 12.6. The number of carboxylic acids is 1. The van der Waals surface area contributed by atoms with Crippen LogP contribution in [0.15, 0.2) is 30.4 Å². The van der Waals surface area contributed by atoms with Crippen LogP contribution in [0, 0.1) is 10.1 Å². The van der Waals surface area contributed by atoms with E-state index < -0.39 is 16.8 Å². The molecule has 1 aromatic carbocycles. The molecule has 6 heteroatoms. The fourth-order valence-corrected chi connectivity index (χ4v) is 1.80. The Morgan fingerprint density at radius 2 is 2.24 bits per heavy atom. The number of rotatable bonds is 4. The molecular weight excluding hydrogens is 246 g/mol. The number of carbonyl (C=O) groups is 1. The number of nitro benzene ring substituents is 1. The third kappa shape index (κ3) is 3.29. The zero-order valence-corrected chi connectivity index (χ0v) is 9.72. The molecule has 90 valence electrons. The molecule has 0 heterocycles. The standard InChI is InChI=1S/C11H10ClNO4/c1-7(5-6-10(14)15)11-8(12)3-2-4-9(11)13(16)17/h2-7H,1H3,(H,14,15). The highest BCUT2D eigenvalue weighted by Gasteiger charge is 2.20. The van der Waals surface area contributed by atoms with Crippen LogP contribution in [0.4, 0.5) is 5.69 Å². The Bertz CT molecular complexity index is 484. The number of allylic oxidation sites excluding steroid dienone is 1. The van der Waals surface area contributed by atoms with Crippen LogP contribution in [-0.2, 0) is 4.79 Å². The molecule has 0 saturated heterocycles. The first kappa shape index (κ1) is 13.2. The van der Waals surface area contributed by atoms with E-state index in [4.69, 9.17) is 16.7 Å². The summed E-state index contributed by atoms with van der Waals surface area (Å²) in [7, 11) is 0. The smallest absolute Gasteiger partial charge is 0.327 e. The molecule has 0 amide bonds. The van der Waals surface area contributed by atoms with E-state index in [9.17, 15) is 14.9 Å². The van der Waals surface area contributed by atoms with Gasteiger partial charge in [0.15, 0.2) is 0 Å². The van der Waals surface area contributed by atoms with E-state index in [1.54, 1.807) is 6.92 Å². The van der Waals surface area contributed by atoms with Crippen molar-refractivity contribution in [1.82, 2.24) is 0 Å². The summed E-state index contributed by atoms with van der Waals surface area (Å²) in [5, 5.41) is 19.6. The van der Waals surface area contributed by atoms with Crippen LogP contribution >= 0.6 is 11.6 Å². The first-order valence-electron chi connectivity index (χ1n) is 4.77. The molecule has 0 fully saturated rings. The summed E-state index contributed by atoms with van der Waals surface area (Å²) < 4.78 is 0. The summed E-state index contributed by atoms with van der Waals surface area (Å²) in [6.07, 6.45) is 2.30. The minimum absolute atomic E-state index is 0.111. The molecule has 1 N–H and O–H groups in total. The monoisotopic (exact) mass is 255 g/mol. The highest BCUT2D eigenvalue weighted by atomic mass is 35.5. The third-order valence-corrected chi connectivity index (χ3v) is 2.54. The lowest BCUT2D eigenvalue weighted by Crippen LogP contribution is -2.00. The van der Waals surface area contributed by atoms with Gasteiger partial charge in [0.05, 0.1) is 15.5 Å². The number of hydrogen-bond acceptors (Lipinski definition) is 3. The second-order valence-corrected chi connectivity index (χ2v) is 3.82. The van der Waals surface area contributed by atoms with Crippen molar-refractivity contribution in [2.75, 3.05) is 0 Å². The van der Waals surface area contributed by atoms with E-state index >= 15 is 0 Å². The summed E-state index contributed by atoms with van der Waals surface area (Å²) in [5.74, 6) is -1.55. The number of nitrogens with zero attached hydrogens (tertiary/aromatic N) is 1. The van der Waals surface area contributed by atoms with Crippen molar-refractivity contribution in [2.24, 2.45) is 0 Å². The van der Waals surface area contributed by atoms with Crippen molar-refractivity contribution in [3.63, 3.8) is 0 Å². The molecule has 0 aliphatic heterocycles. The van der Waals surface area contributed by atoms with Gasteiger partial charge in [-0.1, -0.05) is 30.7 Å². The maximum atomic E-state index is 10.8. The summed E-state index contributed by atoms with van der Waals surface area (Å²) in [5.41, 5.74) is 0.205. The van der Waals surface area contributed by atoms with Crippen molar-refractivity contribution in [1.29, 1.82) is 0 Å². The summed E-state index contributed by atoms with van der Waals surface area (Å²) in [6, 6.07) is 4.36. The molecule has 17 heavy (non-hydrogen) atoms. The van der Waals surface area contributed by atoms with Gasteiger partial charge in [-0.2, -0.15) is 0 Å². The Hall–Kier alpha value is -1.88. The molecule has 0 bridgehead atoms. The van der Waals surface area contributed by atoms with Crippen LogP contribution in [-0.4, -0.2) is 16.0 Å². The van der Waals surface area contributed by atoms with Gasteiger partial charge in [-0.25, -0.2) is 4.79 Å². The van der Waals surface area contributed by atoms with Gasteiger partial charge in [0.25, 0.3) is 5.69 Å². The average Bonchev–Trinajstić information content (AvgIpc) is 2.25. The van der Waals surface area contributed by atoms with Crippen LogP contribution in [0.2, 0.25) is 5.02 Å². The Labute approximate surface area is 102 Å². The summed E-state index contributed by atoms with van der Waals surface area (Å²) in [4.78, 5) is 20.7. The molecule has 1 atom stereocenters. The van der Waals surface area contributed by atoms with Gasteiger partial charge < -0.3 is 5.11 Å². The third-order valence-electron chi connectivity index (χ3n) is 2.21. The SMILES string of the molecule is CC(C=CC(=O)O)c1c(Cl)cccc1[N+](=O)[O-]. The van der Waals surface area contributed by atoms with Crippen LogP contribution in [0.3, 0.4) is 0 Å². The first-order chi connectivity index (χ1) is 7.93. The van der Waals surface area contributed by atoms with Gasteiger partial charge in [0, 0.05) is 18.1 Å². The molecule has 0 aliphatic carbocycles. The molecule has 0 aliphatic rings. The largest absolute Gasteiger partial charge is 0.478 e. The molecule has 0 spiro atoms. The second-order valence-electron chi connectivity index (χ2n) is 3.42. The molecular formula is C11H10ClNO4. The van der Waals surface area contributed by atoms with Crippen molar-refractivity contribution in [3.8, 4) is 0 Å². The topological polar surface area (TPSA) is 80.4 Å². The van der Waals surface area contributed by atoms with E-state index in [1.165, 1.54) is 24.3 Å². The van der Waals surface area contributed by atoms with Crippen LogP contribution in [0.25, 0.3) is 0 Å². The van der Waals surface area contributed by atoms with Gasteiger partial charge in [0.2, 0.25) is 0 Å². The number of carboxylic acid groups (broad SMARTS) is 1. The summed E-state index contributed by atoms with van der Waals surface area (Å²) >= 11 is 5.90. The highest BCUT2D eigenvalue weighted by molar-refractivity contribution is 6.31. The fraction of sp³-hybridized carbons (Fsp3) is 0.182.